The summed E-state index contributed by atoms with van der Waals surface area (Å²) in [5.41, 5.74) is 7.44. The number of nitrogens with one attached hydrogen (secondary N) is 1. The molecule has 0 atom stereocenters. The highest BCUT2D eigenvalue weighted by Gasteiger charge is 2.08. The Morgan fingerprint density at radius 3 is 2.72 bits per heavy atom. The van der Waals surface area contributed by atoms with Gasteiger partial charge in [0.25, 0.3) is 5.91 Å². The molecular weight excluding hydrogens is 296 g/mol. The number of amides is 1. The number of aromatic nitrogens is 2. The normalized spacial score (nSPS) is 10.1. The van der Waals surface area contributed by atoms with Crippen LogP contribution in [-0.4, -0.2) is 15.9 Å². The Kier molecular flexibility index (Phi) is 3.57. The molecule has 6 heteroatoms. The summed E-state index contributed by atoms with van der Waals surface area (Å²) < 4.78 is 0.820. The van der Waals surface area contributed by atoms with Gasteiger partial charge in [0.2, 0.25) is 0 Å². The van der Waals surface area contributed by atoms with Gasteiger partial charge in [-0.15, -0.1) is 0 Å². The summed E-state index contributed by atoms with van der Waals surface area (Å²) in [4.78, 5) is 19.9. The Morgan fingerprint density at radius 2 is 2.11 bits per heavy atom. The van der Waals surface area contributed by atoms with Gasteiger partial charge >= 0.3 is 0 Å². The zero-order chi connectivity index (χ0) is 13.1. The molecule has 3 N–H and O–H groups in total. The lowest BCUT2D eigenvalue weighted by molar-refractivity contribution is 0.102. The third kappa shape index (κ3) is 2.84. The van der Waals surface area contributed by atoms with Crippen molar-refractivity contribution >= 4 is 33.3 Å². The van der Waals surface area contributed by atoms with Gasteiger partial charge in [-0.1, -0.05) is 0 Å². The molecule has 5 nitrogen and oxygen atoms in total. The number of hydrogen-bond donors (Lipinski definition) is 2. The van der Waals surface area contributed by atoms with E-state index in [1.54, 1.807) is 24.4 Å². The first-order valence-corrected chi connectivity index (χ1v) is 6.00. The van der Waals surface area contributed by atoms with E-state index in [-0.39, 0.29) is 5.91 Å². The molecule has 0 saturated carbocycles. The van der Waals surface area contributed by atoms with Crippen LogP contribution in [0, 0.1) is 6.92 Å². The molecule has 0 spiro atoms. The first-order chi connectivity index (χ1) is 8.56. The number of aryl methyl sites for hydroxylation is 1. The van der Waals surface area contributed by atoms with Gasteiger partial charge < -0.3 is 11.1 Å². The van der Waals surface area contributed by atoms with Crippen molar-refractivity contribution in [2.75, 3.05) is 11.1 Å². The Balaban J connectivity index is 2.16. The summed E-state index contributed by atoms with van der Waals surface area (Å²) in [6, 6.07) is 5.10. The lowest BCUT2D eigenvalue weighted by atomic mass is 10.2. The molecule has 0 saturated heterocycles. The van der Waals surface area contributed by atoms with Gasteiger partial charge in [0.15, 0.2) is 0 Å². The summed E-state index contributed by atoms with van der Waals surface area (Å²) in [7, 11) is 0. The summed E-state index contributed by atoms with van der Waals surface area (Å²) in [6.45, 7) is 1.85. The van der Waals surface area contributed by atoms with Crippen LogP contribution in [0.2, 0.25) is 0 Å². The minimum absolute atomic E-state index is 0.306. The second kappa shape index (κ2) is 5.14. The monoisotopic (exact) mass is 306 g/mol. The quantitative estimate of drug-likeness (QED) is 0.892. The van der Waals surface area contributed by atoms with Crippen LogP contribution in [-0.2, 0) is 0 Å². The number of rotatable bonds is 2. The van der Waals surface area contributed by atoms with Gasteiger partial charge in [-0.3, -0.25) is 4.79 Å². The average Bonchev–Trinajstić information content (AvgIpc) is 2.34. The molecule has 2 heterocycles. The van der Waals surface area contributed by atoms with E-state index in [0.29, 0.717) is 17.2 Å². The second-order valence-electron chi connectivity index (χ2n) is 3.74. The van der Waals surface area contributed by atoms with E-state index >= 15 is 0 Å². The highest BCUT2D eigenvalue weighted by atomic mass is 79.9. The second-order valence-corrected chi connectivity index (χ2v) is 4.66. The maximum atomic E-state index is 11.9. The highest BCUT2D eigenvalue weighted by Crippen LogP contribution is 2.14. The predicted molar refractivity (Wildman–Crippen MR) is 73.3 cm³/mol. The van der Waals surface area contributed by atoms with E-state index in [2.05, 4.69) is 31.2 Å². The maximum Gasteiger partial charge on any atom is 0.275 e. The third-order valence-electron chi connectivity index (χ3n) is 2.35. The van der Waals surface area contributed by atoms with E-state index in [1.165, 1.54) is 6.20 Å². The number of carbonyl (C=O) groups excluding carboxylic acids is 1. The summed E-state index contributed by atoms with van der Waals surface area (Å²) in [6.07, 6.45) is 3.08. The number of anilines is 2. The van der Waals surface area contributed by atoms with Crippen molar-refractivity contribution in [3.8, 4) is 0 Å². The van der Waals surface area contributed by atoms with Crippen LogP contribution in [0.1, 0.15) is 16.1 Å². The van der Waals surface area contributed by atoms with Crippen LogP contribution >= 0.6 is 15.9 Å². The Labute approximate surface area is 113 Å². The van der Waals surface area contributed by atoms with Crippen molar-refractivity contribution in [1.29, 1.82) is 0 Å². The largest absolute Gasteiger partial charge is 0.397 e. The van der Waals surface area contributed by atoms with Gasteiger partial charge in [0, 0.05) is 10.7 Å². The molecule has 0 aromatic carbocycles. The van der Waals surface area contributed by atoms with Gasteiger partial charge in [0.1, 0.15) is 11.5 Å². The Hall–Kier alpha value is -1.95. The van der Waals surface area contributed by atoms with E-state index in [1.807, 2.05) is 6.92 Å². The van der Waals surface area contributed by atoms with Crippen LogP contribution in [0.4, 0.5) is 11.5 Å². The number of nitrogens with two attached hydrogens (primary N) is 1. The third-order valence-corrected chi connectivity index (χ3v) is 2.82. The SMILES string of the molecule is Cc1cc(NC(=O)c2ccc(Br)cn2)ncc1N. The number of nitrogen functional groups attached to an aromatic ring is 1. The molecule has 0 aliphatic carbocycles. The minimum Gasteiger partial charge on any atom is -0.397 e. The standard InChI is InChI=1S/C12H11BrN4O/c1-7-4-11(16-6-9(7)14)17-12(18)10-3-2-8(13)5-15-10/h2-6H,14H2,1H3,(H,16,17,18). The molecule has 1 amide bonds. The first kappa shape index (κ1) is 12.5. The number of carbonyl (C=O) groups is 1. The zero-order valence-electron chi connectivity index (χ0n) is 9.64. The Morgan fingerprint density at radius 1 is 1.33 bits per heavy atom. The zero-order valence-corrected chi connectivity index (χ0v) is 11.2. The topological polar surface area (TPSA) is 80.9 Å². The summed E-state index contributed by atoms with van der Waals surface area (Å²) in [5.74, 6) is 0.149. The molecule has 2 aromatic heterocycles. The maximum absolute atomic E-state index is 11.9. The van der Waals surface area contributed by atoms with Crippen molar-refractivity contribution in [3.63, 3.8) is 0 Å². The fourth-order valence-corrected chi connectivity index (χ4v) is 1.56. The first-order valence-electron chi connectivity index (χ1n) is 5.21. The van der Waals surface area contributed by atoms with E-state index in [0.717, 1.165) is 10.0 Å². The predicted octanol–water partition coefficient (Wildman–Crippen LogP) is 2.38. The lowest BCUT2D eigenvalue weighted by Crippen LogP contribution is -2.14. The van der Waals surface area contributed by atoms with E-state index < -0.39 is 0 Å². The van der Waals surface area contributed by atoms with Gasteiger partial charge in [-0.25, -0.2) is 9.97 Å². The van der Waals surface area contributed by atoms with Crippen LogP contribution in [0.3, 0.4) is 0 Å². The van der Waals surface area contributed by atoms with E-state index in [4.69, 9.17) is 5.73 Å². The van der Waals surface area contributed by atoms with Crippen LogP contribution in [0.25, 0.3) is 0 Å². The van der Waals surface area contributed by atoms with Gasteiger partial charge in [-0.2, -0.15) is 0 Å². The summed E-state index contributed by atoms with van der Waals surface area (Å²) >= 11 is 3.26. The minimum atomic E-state index is -0.306. The molecule has 0 aliphatic heterocycles. The molecule has 2 rings (SSSR count). The van der Waals surface area contributed by atoms with E-state index in [9.17, 15) is 4.79 Å². The number of hydrogen-bond acceptors (Lipinski definition) is 4. The van der Waals surface area contributed by atoms with Crippen molar-refractivity contribution in [2.45, 2.75) is 6.92 Å². The van der Waals surface area contributed by atoms with Crippen molar-refractivity contribution in [2.24, 2.45) is 0 Å². The van der Waals surface area contributed by atoms with Crippen LogP contribution in [0.15, 0.2) is 35.1 Å². The van der Waals surface area contributed by atoms with Gasteiger partial charge in [0.05, 0.1) is 11.9 Å². The molecule has 0 radical (unpaired) electrons. The molecule has 92 valence electrons. The van der Waals surface area contributed by atoms with Crippen molar-refractivity contribution in [1.82, 2.24) is 9.97 Å². The molecule has 18 heavy (non-hydrogen) atoms. The Bertz CT molecular complexity index is 583. The molecule has 0 bridgehead atoms. The van der Waals surface area contributed by atoms with Crippen LogP contribution in [0.5, 0.6) is 0 Å². The average molecular weight is 307 g/mol. The smallest absolute Gasteiger partial charge is 0.275 e. The van der Waals surface area contributed by atoms with Crippen molar-refractivity contribution in [3.05, 3.63) is 46.3 Å². The van der Waals surface area contributed by atoms with Crippen molar-refractivity contribution < 1.29 is 4.79 Å². The molecule has 0 aliphatic rings. The molecule has 0 fully saturated rings. The lowest BCUT2D eigenvalue weighted by Gasteiger charge is -2.06. The molecule has 0 unspecified atom stereocenters. The summed E-state index contributed by atoms with van der Waals surface area (Å²) in [5, 5.41) is 2.66. The fraction of sp³-hybridized carbons (Fsp3) is 0.0833. The number of nitrogens with zero attached hydrogens (tertiary/aromatic N) is 2. The van der Waals surface area contributed by atoms with Gasteiger partial charge in [-0.05, 0) is 46.6 Å². The molecular formula is C12H11BrN4O. The number of pyridine rings is 2. The fourth-order valence-electron chi connectivity index (χ4n) is 1.33. The molecule has 2 aromatic rings. The number of halogens is 1. The highest BCUT2D eigenvalue weighted by molar-refractivity contribution is 9.10. The van der Waals surface area contributed by atoms with Crippen LogP contribution < -0.4 is 11.1 Å².